The van der Waals surface area contributed by atoms with Crippen molar-refractivity contribution in [2.75, 3.05) is 5.73 Å². The van der Waals surface area contributed by atoms with E-state index in [1.807, 2.05) is 32.9 Å². The first-order chi connectivity index (χ1) is 10.1. The summed E-state index contributed by atoms with van der Waals surface area (Å²) in [5.41, 5.74) is 9.64. The average molecular weight is 282 g/mol. The molecular formula is C16H18N4O. The van der Waals surface area contributed by atoms with Gasteiger partial charge in [-0.3, -0.25) is 0 Å². The molecule has 0 atom stereocenters. The Morgan fingerprint density at radius 2 is 2.00 bits per heavy atom. The fraction of sp³-hybridized carbons (Fsp3) is 0.312. The van der Waals surface area contributed by atoms with Gasteiger partial charge in [0.1, 0.15) is 11.6 Å². The van der Waals surface area contributed by atoms with E-state index in [4.69, 9.17) is 10.5 Å². The van der Waals surface area contributed by atoms with Crippen molar-refractivity contribution in [1.29, 1.82) is 5.26 Å². The van der Waals surface area contributed by atoms with E-state index in [1.54, 1.807) is 6.07 Å². The van der Waals surface area contributed by atoms with Crippen molar-refractivity contribution in [1.82, 2.24) is 10.2 Å². The Bertz CT molecular complexity index is 704. The second-order valence-electron chi connectivity index (χ2n) is 4.77. The summed E-state index contributed by atoms with van der Waals surface area (Å²) in [6, 6.07) is 7.65. The van der Waals surface area contributed by atoms with E-state index in [2.05, 4.69) is 16.3 Å². The maximum atomic E-state index is 9.41. The molecule has 0 aliphatic heterocycles. The number of hydrogen-bond donors (Lipinski definition) is 1. The Labute approximate surface area is 124 Å². The van der Waals surface area contributed by atoms with Crippen molar-refractivity contribution in [3.8, 4) is 17.7 Å². The van der Waals surface area contributed by atoms with Crippen LogP contribution < -0.4 is 10.5 Å². The normalized spacial score (nSPS) is 10.2. The molecule has 0 aliphatic carbocycles. The van der Waals surface area contributed by atoms with Crippen LogP contribution in [0.5, 0.6) is 11.6 Å². The minimum atomic E-state index is 0.210. The highest BCUT2D eigenvalue weighted by Gasteiger charge is 2.16. The number of nitrogens with two attached hydrogens (primary N) is 1. The summed E-state index contributed by atoms with van der Waals surface area (Å²) in [6.07, 6.45) is 1.44. The molecule has 1 aromatic heterocycles. The summed E-state index contributed by atoms with van der Waals surface area (Å²) in [5, 5.41) is 17.6. The highest BCUT2D eigenvalue weighted by molar-refractivity contribution is 5.56. The molecule has 0 unspecified atom stereocenters. The first-order valence-corrected chi connectivity index (χ1v) is 6.93. The number of benzene rings is 1. The number of nitrogens with zero attached hydrogens (tertiary/aromatic N) is 3. The summed E-state index contributed by atoms with van der Waals surface area (Å²) in [6.45, 7) is 5.93. The van der Waals surface area contributed by atoms with E-state index in [0.29, 0.717) is 23.4 Å². The number of hydrogen-bond acceptors (Lipinski definition) is 5. The van der Waals surface area contributed by atoms with Crippen LogP contribution in [0.4, 0.5) is 5.69 Å². The maximum Gasteiger partial charge on any atom is 0.257 e. The minimum Gasteiger partial charge on any atom is -0.434 e. The minimum absolute atomic E-state index is 0.210. The van der Waals surface area contributed by atoms with Gasteiger partial charge in [0.25, 0.3) is 5.88 Å². The zero-order valence-electron chi connectivity index (χ0n) is 12.5. The van der Waals surface area contributed by atoms with Crippen LogP contribution in [0.25, 0.3) is 0 Å². The molecule has 0 bridgehead atoms. The van der Waals surface area contributed by atoms with Gasteiger partial charge in [0.15, 0.2) is 5.75 Å². The predicted molar refractivity (Wildman–Crippen MR) is 81.2 cm³/mol. The number of nitrogen functional groups attached to an aromatic ring is 1. The van der Waals surface area contributed by atoms with Crippen molar-refractivity contribution in [3.05, 3.63) is 40.6 Å². The molecule has 2 rings (SSSR count). The van der Waals surface area contributed by atoms with Crippen LogP contribution in [-0.2, 0) is 12.8 Å². The first-order valence-electron chi connectivity index (χ1n) is 6.93. The number of nitriles is 1. The lowest BCUT2D eigenvalue weighted by Crippen LogP contribution is -2.05. The smallest absolute Gasteiger partial charge is 0.257 e. The van der Waals surface area contributed by atoms with Crippen molar-refractivity contribution >= 4 is 5.69 Å². The fourth-order valence-electron chi connectivity index (χ4n) is 2.21. The zero-order chi connectivity index (χ0) is 15.4. The van der Waals surface area contributed by atoms with Gasteiger partial charge >= 0.3 is 0 Å². The molecule has 21 heavy (non-hydrogen) atoms. The maximum absolute atomic E-state index is 9.41. The fourth-order valence-corrected chi connectivity index (χ4v) is 2.21. The molecule has 5 heteroatoms. The van der Waals surface area contributed by atoms with Crippen LogP contribution in [0.3, 0.4) is 0 Å². The summed E-state index contributed by atoms with van der Waals surface area (Å²) >= 11 is 0. The summed E-state index contributed by atoms with van der Waals surface area (Å²) in [7, 11) is 0. The van der Waals surface area contributed by atoms with Gasteiger partial charge in [-0.05, 0) is 43.0 Å². The van der Waals surface area contributed by atoms with Crippen molar-refractivity contribution in [3.63, 3.8) is 0 Å². The molecular weight excluding hydrogens is 264 g/mol. The third-order valence-corrected chi connectivity index (χ3v) is 3.30. The predicted octanol–water partition coefficient (Wildman–Crippen LogP) is 3.16. The Morgan fingerprint density at radius 3 is 2.57 bits per heavy atom. The third kappa shape index (κ3) is 2.95. The van der Waals surface area contributed by atoms with Gasteiger partial charge in [-0.25, -0.2) is 0 Å². The quantitative estimate of drug-likeness (QED) is 0.871. The molecule has 0 saturated heterocycles. The molecule has 108 valence electrons. The molecule has 0 aliphatic rings. The summed E-state index contributed by atoms with van der Waals surface area (Å²) in [5.74, 6) is 0.694. The van der Waals surface area contributed by atoms with Gasteiger partial charge in [0, 0.05) is 0 Å². The van der Waals surface area contributed by atoms with Gasteiger partial charge in [0.05, 0.1) is 11.4 Å². The van der Waals surface area contributed by atoms with E-state index in [-0.39, 0.29) is 5.88 Å². The molecule has 0 radical (unpaired) electrons. The molecule has 0 spiro atoms. The monoisotopic (exact) mass is 282 g/mol. The number of aryl methyl sites for hydroxylation is 2. The second-order valence-corrected chi connectivity index (χ2v) is 4.77. The Balaban J connectivity index is 2.47. The zero-order valence-corrected chi connectivity index (χ0v) is 12.5. The standard InChI is InChI=1S/C16H18N4O/c1-4-11-12(9-17)16(20-19-14(11)5-2)21-15-7-6-10(3)8-13(15)18/h6-8H,4-5,18H2,1-3H3. The number of aromatic nitrogens is 2. The summed E-state index contributed by atoms with van der Waals surface area (Å²) in [4.78, 5) is 0. The molecule has 1 heterocycles. The number of ether oxygens (including phenoxy) is 1. The Hall–Kier alpha value is -2.61. The van der Waals surface area contributed by atoms with Crippen LogP contribution >= 0.6 is 0 Å². The molecule has 0 saturated carbocycles. The lowest BCUT2D eigenvalue weighted by atomic mass is 10.0. The lowest BCUT2D eigenvalue weighted by Gasteiger charge is -2.12. The van der Waals surface area contributed by atoms with Crippen LogP contribution in [0, 0.1) is 18.3 Å². The van der Waals surface area contributed by atoms with Crippen molar-refractivity contribution < 1.29 is 4.74 Å². The van der Waals surface area contributed by atoms with Crippen LogP contribution in [-0.4, -0.2) is 10.2 Å². The lowest BCUT2D eigenvalue weighted by molar-refractivity contribution is 0.453. The van der Waals surface area contributed by atoms with Crippen LogP contribution in [0.15, 0.2) is 18.2 Å². The van der Waals surface area contributed by atoms with E-state index in [0.717, 1.165) is 23.2 Å². The topological polar surface area (TPSA) is 84.8 Å². The van der Waals surface area contributed by atoms with Crippen molar-refractivity contribution in [2.24, 2.45) is 0 Å². The van der Waals surface area contributed by atoms with Crippen molar-refractivity contribution in [2.45, 2.75) is 33.6 Å². The van der Waals surface area contributed by atoms with E-state index < -0.39 is 0 Å². The largest absolute Gasteiger partial charge is 0.434 e. The molecule has 0 fully saturated rings. The van der Waals surface area contributed by atoms with E-state index in [1.165, 1.54) is 0 Å². The molecule has 2 N–H and O–H groups in total. The van der Waals surface area contributed by atoms with Crippen LogP contribution in [0.2, 0.25) is 0 Å². The number of anilines is 1. The Kier molecular flexibility index (Phi) is 4.39. The number of rotatable bonds is 4. The Morgan fingerprint density at radius 1 is 1.24 bits per heavy atom. The van der Waals surface area contributed by atoms with Gasteiger partial charge in [-0.2, -0.15) is 10.4 Å². The molecule has 1 aromatic carbocycles. The van der Waals surface area contributed by atoms with Gasteiger partial charge in [-0.1, -0.05) is 19.9 Å². The first kappa shape index (κ1) is 14.8. The highest BCUT2D eigenvalue weighted by Crippen LogP contribution is 2.30. The van der Waals surface area contributed by atoms with E-state index in [9.17, 15) is 5.26 Å². The average Bonchev–Trinajstić information content (AvgIpc) is 2.49. The molecule has 0 amide bonds. The summed E-state index contributed by atoms with van der Waals surface area (Å²) < 4.78 is 5.71. The second kappa shape index (κ2) is 6.23. The molecule has 5 nitrogen and oxygen atoms in total. The van der Waals surface area contributed by atoms with E-state index >= 15 is 0 Å². The van der Waals surface area contributed by atoms with Gasteiger partial charge in [0.2, 0.25) is 0 Å². The SMILES string of the molecule is CCc1nnc(Oc2ccc(C)cc2N)c(C#N)c1CC. The van der Waals surface area contributed by atoms with Gasteiger partial charge < -0.3 is 10.5 Å². The van der Waals surface area contributed by atoms with Crippen LogP contribution in [0.1, 0.15) is 36.2 Å². The van der Waals surface area contributed by atoms with Gasteiger partial charge in [-0.15, -0.1) is 5.10 Å². The molecule has 2 aromatic rings. The third-order valence-electron chi connectivity index (χ3n) is 3.30. The highest BCUT2D eigenvalue weighted by atomic mass is 16.5.